The zero-order chi connectivity index (χ0) is 29.5. The van der Waals surface area contributed by atoms with Crippen LogP contribution < -0.4 is 15.2 Å². The van der Waals surface area contributed by atoms with Gasteiger partial charge in [-0.1, -0.05) is 24.3 Å². The molecule has 0 bridgehead atoms. The third-order valence-electron chi connectivity index (χ3n) is 8.59. The normalized spacial score (nSPS) is 33.0. The number of aromatic hydroxyl groups is 1. The van der Waals surface area contributed by atoms with Crippen LogP contribution in [0.15, 0.2) is 36.4 Å². The molecule has 1 aliphatic heterocycles. The topological polar surface area (TPSA) is 194 Å². The fourth-order valence-electron chi connectivity index (χ4n) is 6.85. The van der Waals surface area contributed by atoms with Crippen molar-refractivity contribution in [2.75, 3.05) is 20.9 Å². The second-order valence-corrected chi connectivity index (χ2v) is 10.9. The minimum absolute atomic E-state index is 0.0268. The number of benzene rings is 2. The van der Waals surface area contributed by atoms with Gasteiger partial charge in [-0.05, 0) is 49.0 Å². The van der Waals surface area contributed by atoms with Crippen LogP contribution in [-0.2, 0) is 19.2 Å². The van der Waals surface area contributed by atoms with E-state index in [-0.39, 0.29) is 23.5 Å². The highest BCUT2D eigenvalue weighted by Gasteiger charge is 2.72. The Morgan fingerprint density at radius 1 is 1.07 bits per heavy atom. The van der Waals surface area contributed by atoms with Gasteiger partial charge in [0.25, 0.3) is 0 Å². The first-order valence-electron chi connectivity index (χ1n) is 12.9. The van der Waals surface area contributed by atoms with E-state index in [1.54, 1.807) is 30.3 Å². The Kier molecular flexibility index (Phi) is 5.93. The van der Waals surface area contributed by atoms with Crippen molar-refractivity contribution in [2.24, 2.45) is 29.4 Å². The molecule has 6 rings (SSSR count). The van der Waals surface area contributed by atoms with Crippen LogP contribution in [0.3, 0.4) is 0 Å². The maximum Gasteiger partial charge on any atom is 0.235 e. The number of primary amides is 1. The van der Waals surface area contributed by atoms with E-state index in [0.29, 0.717) is 17.1 Å². The summed E-state index contributed by atoms with van der Waals surface area (Å²) >= 11 is 0. The third kappa shape index (κ3) is 3.54. The minimum Gasteiger partial charge on any atom is -0.507 e. The number of hydrogen-bond acceptors (Lipinski definition) is 11. The molecule has 212 valence electrons. The molecule has 2 fully saturated rings. The predicted molar refractivity (Wildman–Crippen MR) is 139 cm³/mol. The first kappa shape index (κ1) is 26.8. The summed E-state index contributed by atoms with van der Waals surface area (Å²) in [5.41, 5.74) is 3.08. The van der Waals surface area contributed by atoms with E-state index in [9.17, 15) is 39.3 Å². The number of carbonyl (C=O) groups is 5. The number of ether oxygens (including phenoxy) is 2. The van der Waals surface area contributed by atoms with E-state index in [0.717, 1.165) is 0 Å². The van der Waals surface area contributed by atoms with Crippen molar-refractivity contribution in [3.63, 3.8) is 0 Å². The summed E-state index contributed by atoms with van der Waals surface area (Å²) in [7, 11) is 2.87. The van der Waals surface area contributed by atoms with Crippen LogP contribution in [0.25, 0.3) is 11.6 Å². The van der Waals surface area contributed by atoms with Crippen LogP contribution >= 0.6 is 0 Å². The lowest BCUT2D eigenvalue weighted by molar-refractivity contribution is -0.192. The van der Waals surface area contributed by atoms with Crippen LogP contribution in [-0.4, -0.2) is 87.9 Å². The summed E-state index contributed by atoms with van der Waals surface area (Å²) in [5.74, 6) is -12.5. The summed E-state index contributed by atoms with van der Waals surface area (Å²) < 4.78 is 10.8. The van der Waals surface area contributed by atoms with E-state index < -0.39 is 76.2 Å². The molecular formula is C29H26N2O10. The van der Waals surface area contributed by atoms with Gasteiger partial charge in [-0.15, -0.1) is 0 Å². The smallest absolute Gasteiger partial charge is 0.235 e. The summed E-state index contributed by atoms with van der Waals surface area (Å²) in [6.07, 6.45) is -0.189. The monoisotopic (exact) mass is 562 g/mol. The predicted octanol–water partition coefficient (Wildman–Crippen LogP) is -0.435. The molecule has 2 aromatic rings. The van der Waals surface area contributed by atoms with E-state index in [1.165, 1.54) is 31.1 Å². The Labute approximate surface area is 232 Å². The highest BCUT2D eigenvalue weighted by Crippen LogP contribution is 2.54. The van der Waals surface area contributed by atoms with Crippen LogP contribution in [0.2, 0.25) is 0 Å². The van der Waals surface area contributed by atoms with Crippen molar-refractivity contribution in [2.45, 2.75) is 17.7 Å². The quantitative estimate of drug-likeness (QED) is 0.355. The van der Waals surface area contributed by atoms with E-state index in [4.69, 9.17) is 15.2 Å². The Hall–Kier alpha value is -4.39. The van der Waals surface area contributed by atoms with Crippen molar-refractivity contribution in [3.8, 4) is 17.2 Å². The standard InChI is InChI=1S/C29H26N2O10/c1-31(2)22-21-24(34)18-13(8-11-6-7-15-16(9-11)41-10-40-15)12-4-3-5-14(32)17(12)23(33)19(18)26(36)29(21,39)27(37)20(25(22)35)28(30)38/h3-9,18-22,24,32,34,39H,10H2,1-2H3,(H2,30,38)/t18-,19?,20?,21-,22+,24+,29+/m1/s1. The molecule has 1 heterocycles. The number of ketones is 4. The van der Waals surface area contributed by atoms with Gasteiger partial charge in [0.2, 0.25) is 12.7 Å². The Morgan fingerprint density at radius 2 is 1.78 bits per heavy atom. The van der Waals surface area contributed by atoms with Gasteiger partial charge in [0, 0.05) is 5.92 Å². The Balaban J connectivity index is 1.60. The van der Waals surface area contributed by atoms with Crippen molar-refractivity contribution < 1.29 is 48.8 Å². The fraction of sp³-hybridized carbons (Fsp3) is 0.345. The van der Waals surface area contributed by atoms with Gasteiger partial charge in [-0.3, -0.25) is 28.9 Å². The molecule has 7 atom stereocenters. The number of likely N-dealkylation sites (N-methyl/N-ethyl adjacent to an activating group) is 1. The zero-order valence-corrected chi connectivity index (χ0v) is 21.9. The molecule has 4 aliphatic rings. The number of rotatable bonds is 3. The lowest BCUT2D eigenvalue weighted by Gasteiger charge is -2.55. The average molecular weight is 563 g/mol. The number of phenolic OH excluding ortho intramolecular Hbond substituents is 1. The average Bonchev–Trinajstić information content (AvgIpc) is 3.38. The van der Waals surface area contributed by atoms with Crippen molar-refractivity contribution in [1.82, 2.24) is 4.90 Å². The first-order chi connectivity index (χ1) is 19.4. The molecule has 0 radical (unpaired) electrons. The van der Waals surface area contributed by atoms with Crippen LogP contribution in [0, 0.1) is 23.7 Å². The number of Topliss-reactive ketones (excluding diaryl/α,β-unsaturated/α-hetero) is 4. The maximum atomic E-state index is 14.2. The molecule has 2 aromatic carbocycles. The van der Waals surface area contributed by atoms with Gasteiger partial charge in [0.05, 0.1) is 29.5 Å². The first-order valence-corrected chi connectivity index (χ1v) is 12.9. The molecule has 3 aliphatic carbocycles. The molecule has 0 aromatic heterocycles. The number of fused-ring (bicyclic) bond motifs is 4. The van der Waals surface area contributed by atoms with Gasteiger partial charge >= 0.3 is 0 Å². The van der Waals surface area contributed by atoms with Gasteiger partial charge in [-0.2, -0.15) is 0 Å². The molecule has 12 nitrogen and oxygen atoms in total. The number of nitrogens with two attached hydrogens (primary N) is 1. The van der Waals surface area contributed by atoms with Crippen molar-refractivity contribution >= 4 is 40.7 Å². The SMILES string of the molecule is CN(C)[C@@H]1C(=O)C(C(N)=O)C(=O)[C@@]2(O)C(=O)C3C(=O)c4c(O)cccc4C(=Cc4ccc5c(c4)OCO5)[C@H]3[C@H](O)[C@@H]12. The van der Waals surface area contributed by atoms with Crippen LogP contribution in [0.1, 0.15) is 21.5 Å². The van der Waals surface area contributed by atoms with Gasteiger partial charge in [-0.25, -0.2) is 0 Å². The molecule has 1 amide bonds. The highest BCUT2D eigenvalue weighted by molar-refractivity contribution is 6.33. The molecule has 5 N–H and O–H groups in total. The highest BCUT2D eigenvalue weighted by atomic mass is 16.7. The summed E-state index contributed by atoms with van der Waals surface area (Å²) in [4.78, 5) is 68.4. The summed E-state index contributed by atoms with van der Waals surface area (Å²) in [6, 6.07) is 7.84. The fourth-order valence-corrected chi connectivity index (χ4v) is 6.85. The number of aliphatic hydroxyl groups is 2. The third-order valence-corrected chi connectivity index (χ3v) is 8.59. The van der Waals surface area contributed by atoms with Crippen molar-refractivity contribution in [1.29, 1.82) is 0 Å². The van der Waals surface area contributed by atoms with Gasteiger partial charge in [0.15, 0.2) is 46.2 Å². The molecule has 2 saturated carbocycles. The largest absolute Gasteiger partial charge is 0.507 e. The number of hydrogen-bond donors (Lipinski definition) is 4. The second-order valence-electron chi connectivity index (χ2n) is 10.9. The lowest BCUT2D eigenvalue weighted by atomic mass is 9.50. The maximum absolute atomic E-state index is 14.2. The second kappa shape index (κ2) is 9.06. The molecule has 0 saturated heterocycles. The number of carbonyl (C=O) groups excluding carboxylic acids is 5. The summed E-state index contributed by atoms with van der Waals surface area (Å²) in [6.45, 7) is 0.0268. The number of amides is 1. The minimum atomic E-state index is -3.08. The Morgan fingerprint density at radius 3 is 2.46 bits per heavy atom. The van der Waals surface area contributed by atoms with E-state index in [1.807, 2.05) is 0 Å². The molecule has 41 heavy (non-hydrogen) atoms. The van der Waals surface area contributed by atoms with Crippen LogP contribution in [0.4, 0.5) is 0 Å². The number of aliphatic hydroxyl groups excluding tert-OH is 1. The molecule has 12 heteroatoms. The molecule has 0 spiro atoms. The lowest BCUT2D eigenvalue weighted by Crippen LogP contribution is -2.77. The Bertz CT molecular complexity index is 1600. The summed E-state index contributed by atoms with van der Waals surface area (Å²) in [5, 5.41) is 34.4. The number of phenols is 1. The number of nitrogens with zero attached hydrogens (tertiary/aromatic N) is 1. The van der Waals surface area contributed by atoms with E-state index >= 15 is 0 Å². The zero-order valence-electron chi connectivity index (χ0n) is 21.9. The van der Waals surface area contributed by atoms with Crippen molar-refractivity contribution in [3.05, 3.63) is 53.1 Å². The van der Waals surface area contributed by atoms with Crippen LogP contribution in [0.5, 0.6) is 17.2 Å². The van der Waals surface area contributed by atoms with Gasteiger partial charge in [0.1, 0.15) is 5.75 Å². The molecular weight excluding hydrogens is 536 g/mol. The molecule has 2 unspecified atom stereocenters. The van der Waals surface area contributed by atoms with E-state index in [2.05, 4.69) is 0 Å². The van der Waals surface area contributed by atoms with Gasteiger partial charge < -0.3 is 30.5 Å².